The average molecular weight is 312 g/mol. The lowest BCUT2D eigenvalue weighted by Crippen LogP contribution is -1.73. The first-order chi connectivity index (χ1) is 11.8. The highest BCUT2D eigenvalue weighted by atomic mass is 16.3. The average Bonchev–Trinajstić information content (AvgIpc) is 3.37. The van der Waals surface area contributed by atoms with Gasteiger partial charge < -0.3 is 8.83 Å². The number of nitrogens with zero attached hydrogens (tertiary/aromatic N) is 2. The third kappa shape index (κ3) is 2.25. The molecule has 24 heavy (non-hydrogen) atoms. The highest BCUT2D eigenvalue weighted by molar-refractivity contribution is 5.80. The van der Waals surface area contributed by atoms with Gasteiger partial charge in [0.1, 0.15) is 22.6 Å². The maximum absolute atomic E-state index is 5.84. The van der Waals surface area contributed by atoms with Gasteiger partial charge in [0.15, 0.2) is 11.2 Å². The van der Waals surface area contributed by atoms with E-state index in [0.29, 0.717) is 0 Å². The number of aromatic nitrogens is 2. The van der Waals surface area contributed by atoms with Crippen LogP contribution >= 0.6 is 0 Å². The van der Waals surface area contributed by atoms with Gasteiger partial charge >= 0.3 is 0 Å². The van der Waals surface area contributed by atoms with Gasteiger partial charge in [-0.25, -0.2) is 9.97 Å². The van der Waals surface area contributed by atoms with Crippen LogP contribution in [0.1, 0.15) is 22.8 Å². The predicted molar refractivity (Wildman–Crippen MR) is 94.7 cm³/mol. The minimum atomic E-state index is 0.748. The summed E-state index contributed by atoms with van der Waals surface area (Å²) in [5, 5.41) is 0. The summed E-state index contributed by atoms with van der Waals surface area (Å²) in [5.74, 6) is 0. The number of hydrogen-bond acceptors (Lipinski definition) is 4. The van der Waals surface area contributed by atoms with E-state index in [1.54, 1.807) is 0 Å². The van der Waals surface area contributed by atoms with Crippen molar-refractivity contribution in [2.75, 3.05) is 0 Å². The number of furan rings is 2. The lowest BCUT2D eigenvalue weighted by atomic mass is 10.3. The van der Waals surface area contributed by atoms with Gasteiger partial charge in [0.2, 0.25) is 0 Å². The number of rotatable bonds is 0. The second kappa shape index (κ2) is 5.06. The number of fused-ring (bicyclic) bond motifs is 10. The third-order valence-electron chi connectivity index (χ3n) is 3.92. The molecule has 8 bridgehead atoms. The zero-order valence-electron chi connectivity index (χ0n) is 12.6. The monoisotopic (exact) mass is 312 g/mol. The van der Waals surface area contributed by atoms with Crippen molar-refractivity contribution in [3.8, 4) is 0 Å². The van der Waals surface area contributed by atoms with Crippen LogP contribution in [0, 0.1) is 0 Å². The Labute approximate surface area is 137 Å². The molecule has 4 nitrogen and oxygen atoms in total. The summed E-state index contributed by atoms with van der Waals surface area (Å²) in [6, 6.07) is 15.4. The van der Waals surface area contributed by atoms with Crippen LogP contribution in [0.5, 0.6) is 0 Å². The van der Waals surface area contributed by atoms with Crippen molar-refractivity contribution in [1.29, 1.82) is 0 Å². The third-order valence-corrected chi connectivity index (χ3v) is 3.92. The summed E-state index contributed by atoms with van der Waals surface area (Å²) in [5.41, 5.74) is 6.37. The Morgan fingerprint density at radius 1 is 0.500 bits per heavy atom. The fraction of sp³-hybridized carbons (Fsp3) is 0. The van der Waals surface area contributed by atoms with Gasteiger partial charge in [0, 0.05) is 0 Å². The molecule has 5 heterocycles. The maximum atomic E-state index is 5.84. The van der Waals surface area contributed by atoms with Crippen molar-refractivity contribution in [1.82, 2.24) is 9.97 Å². The van der Waals surface area contributed by atoms with Crippen LogP contribution < -0.4 is 0 Å². The molecule has 0 aromatic carbocycles. The van der Waals surface area contributed by atoms with Crippen LogP contribution in [0.25, 0.3) is 46.6 Å². The molecule has 0 atom stereocenters. The van der Waals surface area contributed by atoms with E-state index in [2.05, 4.69) is 9.97 Å². The van der Waals surface area contributed by atoms with E-state index in [1.165, 1.54) is 0 Å². The van der Waals surface area contributed by atoms with Crippen LogP contribution in [0.2, 0.25) is 0 Å². The molecule has 0 N–H and O–H groups in total. The molecule has 114 valence electrons. The van der Waals surface area contributed by atoms with Crippen molar-refractivity contribution in [2.24, 2.45) is 0 Å². The fourth-order valence-electron chi connectivity index (χ4n) is 2.71. The molecule has 5 rings (SSSR count). The highest BCUT2D eigenvalue weighted by Crippen LogP contribution is 2.21. The minimum Gasteiger partial charge on any atom is -0.455 e. The van der Waals surface area contributed by atoms with Gasteiger partial charge in [0.25, 0.3) is 0 Å². The maximum Gasteiger partial charge on any atom is 0.153 e. The molecule has 0 spiro atoms. The van der Waals surface area contributed by atoms with Gasteiger partial charge in [-0.15, -0.1) is 0 Å². The highest BCUT2D eigenvalue weighted by Gasteiger charge is 2.05. The smallest absolute Gasteiger partial charge is 0.153 e. The van der Waals surface area contributed by atoms with Crippen molar-refractivity contribution >= 4 is 46.6 Å². The van der Waals surface area contributed by atoms with Crippen LogP contribution in [-0.2, 0) is 0 Å². The first-order valence-corrected chi connectivity index (χ1v) is 7.68. The van der Waals surface area contributed by atoms with Crippen LogP contribution in [0.3, 0.4) is 0 Å². The zero-order chi connectivity index (χ0) is 15.9. The normalized spacial score (nSPS) is 12.7. The molecule has 0 aliphatic carbocycles. The summed E-state index contributed by atoms with van der Waals surface area (Å²) in [4.78, 5) is 9.13. The Balaban J connectivity index is 1.85. The molecule has 2 aliphatic heterocycles. The molecule has 0 unspecified atom stereocenters. The van der Waals surface area contributed by atoms with Gasteiger partial charge in [-0.05, 0) is 72.8 Å². The van der Waals surface area contributed by atoms with E-state index < -0.39 is 0 Å². The number of hydrogen-bond donors (Lipinski definition) is 0. The van der Waals surface area contributed by atoms with E-state index in [4.69, 9.17) is 8.83 Å². The molecule has 2 aliphatic rings. The van der Waals surface area contributed by atoms with E-state index in [0.717, 1.165) is 45.1 Å². The summed E-state index contributed by atoms with van der Waals surface area (Å²) in [6.45, 7) is 0. The summed E-state index contributed by atoms with van der Waals surface area (Å²) < 4.78 is 11.7. The molecule has 0 radical (unpaired) electrons. The lowest BCUT2D eigenvalue weighted by molar-refractivity contribution is 0.662. The first kappa shape index (κ1) is 13.1. The van der Waals surface area contributed by atoms with Gasteiger partial charge in [-0.1, -0.05) is 0 Å². The van der Waals surface area contributed by atoms with Gasteiger partial charge in [-0.2, -0.15) is 0 Å². The van der Waals surface area contributed by atoms with Crippen LogP contribution in [0.4, 0.5) is 0 Å². The Kier molecular flexibility index (Phi) is 2.76. The fourth-order valence-corrected chi connectivity index (χ4v) is 2.71. The molecule has 0 saturated carbocycles. The van der Waals surface area contributed by atoms with Crippen LogP contribution in [-0.4, -0.2) is 9.97 Å². The van der Waals surface area contributed by atoms with E-state index in [-0.39, 0.29) is 0 Å². The Morgan fingerprint density at radius 2 is 0.958 bits per heavy atom. The van der Waals surface area contributed by atoms with E-state index in [1.807, 2.05) is 72.8 Å². The quantitative estimate of drug-likeness (QED) is 0.395. The first-order valence-electron chi connectivity index (χ1n) is 7.68. The standard InChI is InChI=1S/C20H12N2O2/c1-5-15-7-11-20(23-15)18-10-4-14(22-18)2-6-16-8-12-19(24-16)17-9-3-13(1)21-17/h1-12H. The van der Waals surface area contributed by atoms with Gasteiger partial charge in [-0.3, -0.25) is 0 Å². The SMILES string of the molecule is C1=Cc2nc1ccc1ccc(o1)c1nc(ccc3ccc2o3)C=C1. The second-order valence-corrected chi connectivity index (χ2v) is 5.58. The largest absolute Gasteiger partial charge is 0.455 e. The zero-order valence-corrected chi connectivity index (χ0v) is 12.6. The molecule has 0 amide bonds. The second-order valence-electron chi connectivity index (χ2n) is 5.58. The van der Waals surface area contributed by atoms with Crippen molar-refractivity contribution in [3.05, 3.63) is 71.3 Å². The van der Waals surface area contributed by atoms with E-state index >= 15 is 0 Å². The molecular formula is C20H12N2O2. The Morgan fingerprint density at radius 3 is 1.46 bits per heavy atom. The molecule has 3 aromatic rings. The van der Waals surface area contributed by atoms with Crippen LogP contribution in [0.15, 0.2) is 57.4 Å². The lowest BCUT2D eigenvalue weighted by Gasteiger charge is -1.85. The summed E-state index contributed by atoms with van der Waals surface area (Å²) in [7, 11) is 0. The van der Waals surface area contributed by atoms with Crippen molar-refractivity contribution < 1.29 is 8.83 Å². The predicted octanol–water partition coefficient (Wildman–Crippen LogP) is 5.19. The van der Waals surface area contributed by atoms with Crippen molar-refractivity contribution in [2.45, 2.75) is 0 Å². The topological polar surface area (TPSA) is 52.1 Å². The molecule has 0 saturated heterocycles. The molecule has 0 fully saturated rings. The molecule has 4 heteroatoms. The molecule has 3 aromatic heterocycles. The Bertz CT molecular complexity index is 1070. The van der Waals surface area contributed by atoms with Crippen molar-refractivity contribution in [3.63, 3.8) is 0 Å². The van der Waals surface area contributed by atoms with Gasteiger partial charge in [0.05, 0.1) is 11.4 Å². The molecular weight excluding hydrogens is 300 g/mol. The summed E-state index contributed by atoms with van der Waals surface area (Å²) in [6.07, 6.45) is 7.80. The minimum absolute atomic E-state index is 0.748. The Hall–Kier alpha value is -3.40. The van der Waals surface area contributed by atoms with E-state index in [9.17, 15) is 0 Å². The summed E-state index contributed by atoms with van der Waals surface area (Å²) >= 11 is 0.